The number of aryl methyl sites for hydroxylation is 1. The van der Waals surface area contributed by atoms with Gasteiger partial charge in [0.15, 0.2) is 0 Å². The average Bonchev–Trinajstić information content (AvgIpc) is 2.78. The van der Waals surface area contributed by atoms with Crippen LogP contribution in [0.4, 0.5) is 0 Å². The molecule has 1 aromatic carbocycles. The number of aliphatic hydroxyl groups excluding tert-OH is 1. The van der Waals surface area contributed by atoms with Gasteiger partial charge in [-0.25, -0.2) is 4.98 Å². The number of rotatable bonds is 5. The van der Waals surface area contributed by atoms with Gasteiger partial charge < -0.3 is 10.4 Å². The molecule has 19 heavy (non-hydrogen) atoms. The molecular formula is C13H15BrN2O2S. The SMILES string of the molecule is CC(CO)NC(=O)CCc1nc2cc(Br)ccc2s1. The number of aromatic nitrogens is 1. The Labute approximate surface area is 124 Å². The first-order chi connectivity index (χ1) is 9.08. The van der Waals surface area contributed by atoms with E-state index in [9.17, 15) is 4.79 Å². The molecule has 0 aliphatic carbocycles. The lowest BCUT2D eigenvalue weighted by Crippen LogP contribution is -2.35. The molecule has 0 radical (unpaired) electrons. The highest BCUT2D eigenvalue weighted by molar-refractivity contribution is 9.10. The molecule has 0 saturated heterocycles. The van der Waals surface area contributed by atoms with Gasteiger partial charge in [0.2, 0.25) is 5.91 Å². The van der Waals surface area contributed by atoms with Gasteiger partial charge in [-0.05, 0) is 25.1 Å². The van der Waals surface area contributed by atoms with Crippen LogP contribution in [0.25, 0.3) is 10.2 Å². The van der Waals surface area contributed by atoms with Crippen molar-refractivity contribution in [1.29, 1.82) is 0 Å². The van der Waals surface area contributed by atoms with Crippen LogP contribution in [-0.2, 0) is 11.2 Å². The van der Waals surface area contributed by atoms with Crippen LogP contribution >= 0.6 is 27.3 Å². The molecule has 1 unspecified atom stereocenters. The van der Waals surface area contributed by atoms with Crippen LogP contribution in [0.3, 0.4) is 0 Å². The lowest BCUT2D eigenvalue weighted by atomic mass is 10.2. The number of fused-ring (bicyclic) bond motifs is 1. The topological polar surface area (TPSA) is 62.2 Å². The molecule has 4 nitrogen and oxygen atoms in total. The molecule has 2 rings (SSSR count). The highest BCUT2D eigenvalue weighted by Crippen LogP contribution is 2.25. The largest absolute Gasteiger partial charge is 0.394 e. The molecule has 1 heterocycles. The summed E-state index contributed by atoms with van der Waals surface area (Å²) in [6, 6.07) is 5.79. The van der Waals surface area contributed by atoms with Gasteiger partial charge in [-0.2, -0.15) is 0 Å². The van der Waals surface area contributed by atoms with Gasteiger partial charge in [-0.1, -0.05) is 15.9 Å². The van der Waals surface area contributed by atoms with Crippen LogP contribution in [0.2, 0.25) is 0 Å². The minimum atomic E-state index is -0.196. The summed E-state index contributed by atoms with van der Waals surface area (Å²) in [5.41, 5.74) is 0.957. The molecule has 0 aliphatic heterocycles. The van der Waals surface area contributed by atoms with Crippen molar-refractivity contribution in [2.24, 2.45) is 0 Å². The van der Waals surface area contributed by atoms with Gasteiger partial charge in [0.05, 0.1) is 21.8 Å². The fourth-order valence-corrected chi connectivity index (χ4v) is 2.96. The van der Waals surface area contributed by atoms with Crippen LogP contribution in [0, 0.1) is 0 Å². The van der Waals surface area contributed by atoms with E-state index in [1.54, 1.807) is 18.3 Å². The van der Waals surface area contributed by atoms with E-state index in [1.165, 1.54) is 0 Å². The standard InChI is InChI=1S/C13H15BrN2O2S/c1-8(7-17)15-12(18)4-5-13-16-10-6-9(14)2-3-11(10)19-13/h2-3,6,8,17H,4-5,7H2,1H3,(H,15,18). The number of halogens is 1. The number of hydrogen-bond donors (Lipinski definition) is 2. The molecule has 102 valence electrons. The summed E-state index contributed by atoms with van der Waals surface area (Å²) in [6.07, 6.45) is 1.02. The second kappa shape index (κ2) is 6.45. The van der Waals surface area contributed by atoms with Crippen molar-refractivity contribution >= 4 is 43.4 Å². The molecule has 0 aliphatic rings. The normalized spacial score (nSPS) is 12.6. The second-order valence-electron chi connectivity index (χ2n) is 4.37. The van der Waals surface area contributed by atoms with Gasteiger partial charge in [-0.15, -0.1) is 11.3 Å². The molecule has 1 atom stereocenters. The molecule has 1 aromatic heterocycles. The minimum Gasteiger partial charge on any atom is -0.394 e. The van der Waals surface area contributed by atoms with E-state index in [0.717, 1.165) is 19.7 Å². The lowest BCUT2D eigenvalue weighted by Gasteiger charge is -2.09. The van der Waals surface area contributed by atoms with E-state index < -0.39 is 0 Å². The maximum absolute atomic E-state index is 11.6. The Morgan fingerprint density at radius 3 is 3.11 bits per heavy atom. The predicted octanol–water partition coefficient (Wildman–Crippen LogP) is 2.49. The number of carbonyl (C=O) groups is 1. The van der Waals surface area contributed by atoms with Gasteiger partial charge in [0.1, 0.15) is 0 Å². The Kier molecular flexibility index (Phi) is 4.90. The Hall–Kier alpha value is -0.980. The first-order valence-corrected chi connectivity index (χ1v) is 7.64. The molecule has 1 amide bonds. The van der Waals surface area contributed by atoms with E-state index in [0.29, 0.717) is 12.8 Å². The van der Waals surface area contributed by atoms with Crippen LogP contribution in [0.1, 0.15) is 18.4 Å². The lowest BCUT2D eigenvalue weighted by molar-refractivity contribution is -0.121. The maximum Gasteiger partial charge on any atom is 0.220 e. The zero-order chi connectivity index (χ0) is 13.8. The fraction of sp³-hybridized carbons (Fsp3) is 0.385. The van der Waals surface area contributed by atoms with Gasteiger partial charge >= 0.3 is 0 Å². The number of nitrogens with zero attached hydrogens (tertiary/aromatic N) is 1. The predicted molar refractivity (Wildman–Crippen MR) is 80.3 cm³/mol. The van der Waals surface area contributed by atoms with E-state index >= 15 is 0 Å². The molecule has 0 spiro atoms. The van der Waals surface area contributed by atoms with Crippen molar-refractivity contribution in [3.63, 3.8) is 0 Å². The quantitative estimate of drug-likeness (QED) is 0.877. The highest BCUT2D eigenvalue weighted by Gasteiger charge is 2.09. The molecule has 0 bridgehead atoms. The molecule has 2 aromatic rings. The summed E-state index contributed by atoms with van der Waals surface area (Å²) < 4.78 is 2.13. The first kappa shape index (κ1) is 14.4. The number of thiazole rings is 1. The van der Waals surface area contributed by atoms with Crippen LogP contribution in [-0.4, -0.2) is 28.6 Å². The average molecular weight is 343 g/mol. The number of hydrogen-bond acceptors (Lipinski definition) is 4. The third kappa shape index (κ3) is 3.99. The molecule has 2 N–H and O–H groups in total. The summed E-state index contributed by atoms with van der Waals surface area (Å²) in [5, 5.41) is 12.5. The van der Waals surface area contributed by atoms with E-state index in [-0.39, 0.29) is 18.6 Å². The van der Waals surface area contributed by atoms with Crippen molar-refractivity contribution in [1.82, 2.24) is 10.3 Å². The Bertz CT molecular complexity index is 585. The minimum absolute atomic E-state index is 0.0408. The summed E-state index contributed by atoms with van der Waals surface area (Å²) in [6.45, 7) is 1.73. The smallest absolute Gasteiger partial charge is 0.220 e. The molecule has 0 saturated carbocycles. The van der Waals surface area contributed by atoms with Crippen molar-refractivity contribution in [2.75, 3.05) is 6.61 Å². The van der Waals surface area contributed by atoms with Crippen molar-refractivity contribution in [2.45, 2.75) is 25.8 Å². The monoisotopic (exact) mass is 342 g/mol. The first-order valence-electron chi connectivity index (χ1n) is 6.03. The maximum atomic E-state index is 11.6. The van der Waals surface area contributed by atoms with E-state index in [2.05, 4.69) is 26.2 Å². The number of benzene rings is 1. The number of nitrogens with one attached hydrogen (secondary N) is 1. The van der Waals surface area contributed by atoms with Crippen molar-refractivity contribution in [3.8, 4) is 0 Å². The van der Waals surface area contributed by atoms with E-state index in [4.69, 9.17) is 5.11 Å². The second-order valence-corrected chi connectivity index (χ2v) is 6.40. The number of carbonyl (C=O) groups excluding carboxylic acids is 1. The van der Waals surface area contributed by atoms with Crippen molar-refractivity contribution in [3.05, 3.63) is 27.7 Å². The Morgan fingerprint density at radius 1 is 1.58 bits per heavy atom. The third-order valence-corrected chi connectivity index (χ3v) is 4.23. The number of aliphatic hydroxyl groups is 1. The molecule has 6 heteroatoms. The Balaban J connectivity index is 1.96. The molecule has 0 fully saturated rings. The van der Waals surface area contributed by atoms with Crippen molar-refractivity contribution < 1.29 is 9.90 Å². The third-order valence-electron chi connectivity index (χ3n) is 2.64. The van der Waals surface area contributed by atoms with Crippen LogP contribution in [0.15, 0.2) is 22.7 Å². The summed E-state index contributed by atoms with van der Waals surface area (Å²) in [5.74, 6) is -0.0537. The van der Waals surface area contributed by atoms with Gasteiger partial charge in [-0.3, -0.25) is 4.79 Å². The van der Waals surface area contributed by atoms with Crippen LogP contribution < -0.4 is 5.32 Å². The van der Waals surface area contributed by atoms with Gasteiger partial charge in [0.25, 0.3) is 0 Å². The number of amides is 1. The summed E-state index contributed by atoms with van der Waals surface area (Å²) in [7, 11) is 0. The highest BCUT2D eigenvalue weighted by atomic mass is 79.9. The van der Waals surface area contributed by atoms with Crippen LogP contribution in [0.5, 0.6) is 0 Å². The van der Waals surface area contributed by atoms with E-state index in [1.807, 2.05) is 18.2 Å². The molecular weight excluding hydrogens is 328 g/mol. The van der Waals surface area contributed by atoms with Gasteiger partial charge in [0, 0.05) is 23.4 Å². The zero-order valence-electron chi connectivity index (χ0n) is 10.5. The Morgan fingerprint density at radius 2 is 2.37 bits per heavy atom. The summed E-state index contributed by atoms with van der Waals surface area (Å²) >= 11 is 5.03. The summed E-state index contributed by atoms with van der Waals surface area (Å²) in [4.78, 5) is 16.1. The zero-order valence-corrected chi connectivity index (χ0v) is 12.9. The fourth-order valence-electron chi connectivity index (χ4n) is 1.67.